The summed E-state index contributed by atoms with van der Waals surface area (Å²) >= 11 is 0. The number of nitrogens with one attached hydrogen (secondary N) is 1. The fourth-order valence-electron chi connectivity index (χ4n) is 1.04. The van der Waals surface area contributed by atoms with E-state index in [1.165, 1.54) is 0 Å². The van der Waals surface area contributed by atoms with E-state index < -0.39 is 6.10 Å². The van der Waals surface area contributed by atoms with Crippen LogP contribution < -0.4 is 5.32 Å². The molecule has 1 amide bonds. The molecule has 2 N–H and O–H groups in total. The highest BCUT2D eigenvalue weighted by atomic mass is 16.3. The first kappa shape index (κ1) is 10.7. The first-order chi connectivity index (χ1) is 6.61. The first-order valence-corrected chi connectivity index (χ1v) is 4.65. The number of hydrogen-bond acceptors (Lipinski definition) is 2. The molecule has 0 fully saturated rings. The summed E-state index contributed by atoms with van der Waals surface area (Å²) in [5.74, 6) is -0.426. The predicted octanol–water partition coefficient (Wildman–Crippen LogP) is 1.64. The average Bonchev–Trinajstić information content (AvgIpc) is 2.18. The molecule has 0 bridgehead atoms. The Balaban J connectivity index is 2.58. The van der Waals surface area contributed by atoms with Crippen LogP contribution in [0.2, 0.25) is 0 Å². The van der Waals surface area contributed by atoms with Gasteiger partial charge in [0.25, 0.3) is 5.91 Å². The third-order valence-corrected chi connectivity index (χ3v) is 1.94. The van der Waals surface area contributed by atoms with Crippen LogP contribution in [0.3, 0.4) is 0 Å². The largest absolute Gasteiger partial charge is 0.383 e. The third-order valence-electron chi connectivity index (χ3n) is 1.94. The van der Waals surface area contributed by atoms with Gasteiger partial charge in [0.1, 0.15) is 6.10 Å². The van der Waals surface area contributed by atoms with Crippen LogP contribution in [0.4, 0.5) is 5.69 Å². The maximum atomic E-state index is 11.4. The van der Waals surface area contributed by atoms with Crippen molar-refractivity contribution in [2.24, 2.45) is 5.92 Å². The molecule has 14 heavy (non-hydrogen) atoms. The van der Waals surface area contributed by atoms with Crippen molar-refractivity contribution < 1.29 is 9.90 Å². The van der Waals surface area contributed by atoms with E-state index in [0.29, 0.717) is 5.69 Å². The van der Waals surface area contributed by atoms with Gasteiger partial charge >= 0.3 is 0 Å². The Hall–Kier alpha value is -1.35. The van der Waals surface area contributed by atoms with Crippen LogP contribution in [0.5, 0.6) is 0 Å². The smallest absolute Gasteiger partial charge is 0.253 e. The second kappa shape index (κ2) is 4.77. The molecule has 3 heteroatoms. The zero-order chi connectivity index (χ0) is 10.6. The normalized spacial score (nSPS) is 12.6. The van der Waals surface area contributed by atoms with Gasteiger partial charge in [0, 0.05) is 5.69 Å². The van der Waals surface area contributed by atoms with E-state index in [1.807, 2.05) is 18.2 Å². The molecule has 1 aromatic rings. The number of aliphatic hydroxyl groups is 1. The standard InChI is InChI=1S/C11H15NO2/c1-8(2)10(13)11(14)12-9-6-4-3-5-7-9/h3-8,10,13H,1-2H3,(H,12,14). The van der Waals surface area contributed by atoms with Crippen molar-refractivity contribution in [1.82, 2.24) is 0 Å². The summed E-state index contributed by atoms with van der Waals surface area (Å²) < 4.78 is 0. The van der Waals surface area contributed by atoms with Gasteiger partial charge in [-0.3, -0.25) is 4.79 Å². The Bertz CT molecular complexity index is 295. The number of amides is 1. The van der Waals surface area contributed by atoms with Gasteiger partial charge in [-0.15, -0.1) is 0 Å². The van der Waals surface area contributed by atoms with Crippen LogP contribution in [0.25, 0.3) is 0 Å². The molecular weight excluding hydrogens is 178 g/mol. The number of rotatable bonds is 3. The van der Waals surface area contributed by atoms with Crippen molar-refractivity contribution in [3.05, 3.63) is 30.3 Å². The average molecular weight is 193 g/mol. The van der Waals surface area contributed by atoms with Crippen molar-refractivity contribution in [2.75, 3.05) is 5.32 Å². The molecule has 0 aromatic heterocycles. The second-order valence-corrected chi connectivity index (χ2v) is 3.54. The van der Waals surface area contributed by atoms with Crippen LogP contribution in [-0.2, 0) is 4.79 Å². The molecule has 0 aliphatic carbocycles. The van der Waals surface area contributed by atoms with Gasteiger partial charge < -0.3 is 10.4 Å². The van der Waals surface area contributed by atoms with Crippen molar-refractivity contribution in [2.45, 2.75) is 20.0 Å². The summed E-state index contributed by atoms with van der Waals surface area (Å²) in [4.78, 5) is 11.4. The summed E-state index contributed by atoms with van der Waals surface area (Å²) in [6, 6.07) is 9.10. The lowest BCUT2D eigenvalue weighted by Crippen LogP contribution is -2.31. The summed E-state index contributed by atoms with van der Waals surface area (Å²) in [5.41, 5.74) is 0.706. The maximum Gasteiger partial charge on any atom is 0.253 e. The SMILES string of the molecule is CC(C)C(O)C(=O)Nc1ccccc1. The van der Waals surface area contributed by atoms with Gasteiger partial charge in [0.2, 0.25) is 0 Å². The topological polar surface area (TPSA) is 49.3 Å². The summed E-state index contributed by atoms with van der Waals surface area (Å²) in [7, 11) is 0. The van der Waals surface area contributed by atoms with Crippen molar-refractivity contribution in [3.63, 3.8) is 0 Å². The molecule has 1 aromatic carbocycles. The Morgan fingerprint density at radius 3 is 2.36 bits per heavy atom. The fourth-order valence-corrected chi connectivity index (χ4v) is 1.04. The molecule has 0 spiro atoms. The Labute approximate surface area is 83.8 Å². The van der Waals surface area contributed by atoms with Gasteiger partial charge in [0.15, 0.2) is 0 Å². The Kier molecular flexibility index (Phi) is 3.65. The number of carbonyl (C=O) groups excluding carboxylic acids is 1. The van der Waals surface area contributed by atoms with Crippen molar-refractivity contribution >= 4 is 11.6 Å². The lowest BCUT2D eigenvalue weighted by molar-refractivity contribution is -0.125. The van der Waals surface area contributed by atoms with E-state index in [-0.39, 0.29) is 11.8 Å². The molecule has 1 atom stereocenters. The lowest BCUT2D eigenvalue weighted by Gasteiger charge is -2.13. The third kappa shape index (κ3) is 2.85. The van der Waals surface area contributed by atoms with Gasteiger partial charge in [-0.1, -0.05) is 32.0 Å². The van der Waals surface area contributed by atoms with Gasteiger partial charge in [-0.2, -0.15) is 0 Å². The van der Waals surface area contributed by atoms with Gasteiger partial charge in [-0.25, -0.2) is 0 Å². The highest BCUT2D eigenvalue weighted by Crippen LogP contribution is 2.08. The zero-order valence-corrected chi connectivity index (χ0v) is 8.40. The fraction of sp³-hybridized carbons (Fsp3) is 0.364. The Morgan fingerprint density at radius 2 is 1.86 bits per heavy atom. The van der Waals surface area contributed by atoms with Crippen molar-refractivity contribution in [1.29, 1.82) is 0 Å². The van der Waals surface area contributed by atoms with E-state index in [4.69, 9.17) is 0 Å². The van der Waals surface area contributed by atoms with Crippen LogP contribution in [0.1, 0.15) is 13.8 Å². The van der Waals surface area contributed by atoms with E-state index in [1.54, 1.807) is 26.0 Å². The molecular formula is C11H15NO2. The van der Waals surface area contributed by atoms with Crippen LogP contribution in [0, 0.1) is 5.92 Å². The zero-order valence-electron chi connectivity index (χ0n) is 8.40. The van der Waals surface area contributed by atoms with Crippen molar-refractivity contribution in [3.8, 4) is 0 Å². The molecule has 3 nitrogen and oxygen atoms in total. The van der Waals surface area contributed by atoms with E-state index in [9.17, 15) is 9.90 Å². The molecule has 0 saturated carbocycles. The quantitative estimate of drug-likeness (QED) is 0.766. The van der Waals surface area contributed by atoms with Gasteiger partial charge in [0.05, 0.1) is 0 Å². The first-order valence-electron chi connectivity index (χ1n) is 4.65. The molecule has 1 rings (SSSR count). The number of benzene rings is 1. The lowest BCUT2D eigenvalue weighted by atomic mass is 10.1. The summed E-state index contributed by atoms with van der Waals surface area (Å²) in [6.07, 6.45) is -0.949. The molecule has 0 saturated heterocycles. The number of para-hydroxylation sites is 1. The number of anilines is 1. The second-order valence-electron chi connectivity index (χ2n) is 3.54. The van der Waals surface area contributed by atoms with E-state index >= 15 is 0 Å². The molecule has 76 valence electrons. The summed E-state index contributed by atoms with van der Waals surface area (Å²) in [5, 5.41) is 12.1. The van der Waals surface area contributed by atoms with Gasteiger partial charge in [-0.05, 0) is 18.1 Å². The summed E-state index contributed by atoms with van der Waals surface area (Å²) in [6.45, 7) is 3.60. The van der Waals surface area contributed by atoms with Crippen LogP contribution in [0.15, 0.2) is 30.3 Å². The van der Waals surface area contributed by atoms with Crippen LogP contribution >= 0.6 is 0 Å². The molecule has 0 aliphatic rings. The minimum Gasteiger partial charge on any atom is -0.383 e. The van der Waals surface area contributed by atoms with E-state index in [2.05, 4.69) is 5.32 Å². The number of hydrogen-bond donors (Lipinski definition) is 2. The number of carbonyl (C=O) groups is 1. The monoisotopic (exact) mass is 193 g/mol. The Morgan fingerprint density at radius 1 is 1.29 bits per heavy atom. The number of aliphatic hydroxyl groups excluding tert-OH is 1. The molecule has 0 heterocycles. The molecule has 1 unspecified atom stereocenters. The van der Waals surface area contributed by atoms with E-state index in [0.717, 1.165) is 0 Å². The highest BCUT2D eigenvalue weighted by molar-refractivity contribution is 5.94. The minimum atomic E-state index is -0.949. The minimum absolute atomic E-state index is 0.0706. The molecule has 0 aliphatic heterocycles. The van der Waals surface area contributed by atoms with Crippen LogP contribution in [-0.4, -0.2) is 17.1 Å². The maximum absolute atomic E-state index is 11.4. The predicted molar refractivity (Wildman–Crippen MR) is 55.9 cm³/mol. The molecule has 0 radical (unpaired) electrons. The highest BCUT2D eigenvalue weighted by Gasteiger charge is 2.18.